The summed E-state index contributed by atoms with van der Waals surface area (Å²) in [5, 5.41) is 12.0. The third-order valence-electron chi connectivity index (χ3n) is 3.85. The standard InChI is InChI=1S/C13H22BN3O3/c1-9(8-18)17-11-15-6-10(7-16-11)14-19-12(2,3)13(4,5)20-14/h6-7,9,18H,8H2,1-5H3,(H,15,16,17)/t9-/m1/s1. The maximum absolute atomic E-state index is 8.98. The molecule has 20 heavy (non-hydrogen) atoms. The van der Waals surface area contributed by atoms with Crippen LogP contribution in [0.15, 0.2) is 12.4 Å². The number of hydrogen-bond acceptors (Lipinski definition) is 6. The van der Waals surface area contributed by atoms with Crippen LogP contribution in [0.25, 0.3) is 0 Å². The summed E-state index contributed by atoms with van der Waals surface area (Å²) in [6, 6.07) is -0.0855. The largest absolute Gasteiger partial charge is 0.498 e. The van der Waals surface area contributed by atoms with Gasteiger partial charge in [0.25, 0.3) is 0 Å². The van der Waals surface area contributed by atoms with Gasteiger partial charge < -0.3 is 19.7 Å². The van der Waals surface area contributed by atoms with Crippen LogP contribution < -0.4 is 10.8 Å². The number of aliphatic hydroxyl groups is 1. The molecular weight excluding hydrogens is 257 g/mol. The summed E-state index contributed by atoms with van der Waals surface area (Å²) >= 11 is 0. The molecule has 1 aliphatic heterocycles. The van der Waals surface area contributed by atoms with E-state index in [1.54, 1.807) is 12.4 Å². The molecule has 1 atom stereocenters. The van der Waals surface area contributed by atoms with Gasteiger partial charge in [-0.25, -0.2) is 9.97 Å². The third-order valence-corrected chi connectivity index (χ3v) is 3.85. The molecule has 1 aliphatic rings. The second-order valence-corrected chi connectivity index (χ2v) is 6.16. The maximum atomic E-state index is 8.98. The number of nitrogens with one attached hydrogen (secondary N) is 1. The van der Waals surface area contributed by atoms with Crippen molar-refractivity contribution in [1.29, 1.82) is 0 Å². The summed E-state index contributed by atoms with van der Waals surface area (Å²) in [7, 11) is -0.454. The van der Waals surface area contributed by atoms with Crippen LogP contribution in [-0.4, -0.2) is 46.0 Å². The molecule has 110 valence electrons. The lowest BCUT2D eigenvalue weighted by Crippen LogP contribution is -2.41. The van der Waals surface area contributed by atoms with Gasteiger partial charge in [0, 0.05) is 23.9 Å². The molecule has 0 unspecified atom stereocenters. The molecule has 1 aromatic rings. The molecule has 0 spiro atoms. The smallest absolute Gasteiger partial charge is 0.399 e. The highest BCUT2D eigenvalue weighted by Crippen LogP contribution is 2.36. The first-order valence-electron chi connectivity index (χ1n) is 6.80. The van der Waals surface area contributed by atoms with Crippen LogP contribution in [0, 0.1) is 0 Å². The summed E-state index contributed by atoms with van der Waals surface area (Å²) in [6.07, 6.45) is 3.36. The van der Waals surface area contributed by atoms with E-state index in [0.717, 1.165) is 5.46 Å². The molecule has 0 aromatic carbocycles. The molecule has 1 aromatic heterocycles. The lowest BCUT2D eigenvalue weighted by molar-refractivity contribution is 0.00578. The number of aliphatic hydroxyl groups excluding tert-OH is 1. The molecule has 1 fully saturated rings. The van der Waals surface area contributed by atoms with E-state index in [-0.39, 0.29) is 23.9 Å². The van der Waals surface area contributed by atoms with Gasteiger partial charge in [0.15, 0.2) is 0 Å². The lowest BCUT2D eigenvalue weighted by atomic mass is 9.81. The van der Waals surface area contributed by atoms with E-state index in [0.29, 0.717) is 5.95 Å². The second kappa shape index (κ2) is 5.31. The maximum Gasteiger partial charge on any atom is 0.498 e. The Hall–Kier alpha value is -1.18. The quantitative estimate of drug-likeness (QED) is 0.785. The van der Waals surface area contributed by atoms with Gasteiger partial charge in [0.1, 0.15) is 0 Å². The summed E-state index contributed by atoms with van der Waals surface area (Å²) < 4.78 is 11.9. The average Bonchev–Trinajstić information content (AvgIpc) is 2.59. The normalized spacial score (nSPS) is 21.8. The monoisotopic (exact) mass is 279 g/mol. The molecule has 1 saturated heterocycles. The summed E-state index contributed by atoms with van der Waals surface area (Å²) in [5.41, 5.74) is 0.0332. The van der Waals surface area contributed by atoms with Crippen LogP contribution in [0.5, 0.6) is 0 Å². The fourth-order valence-corrected chi connectivity index (χ4v) is 1.78. The van der Waals surface area contributed by atoms with E-state index in [2.05, 4.69) is 15.3 Å². The zero-order chi connectivity index (χ0) is 15.0. The highest BCUT2D eigenvalue weighted by atomic mass is 16.7. The van der Waals surface area contributed by atoms with Gasteiger partial charge in [-0.15, -0.1) is 0 Å². The molecule has 6 nitrogen and oxygen atoms in total. The summed E-state index contributed by atoms with van der Waals surface area (Å²) in [6.45, 7) is 9.91. The Labute approximate surface area is 120 Å². The van der Waals surface area contributed by atoms with Crippen molar-refractivity contribution >= 4 is 18.5 Å². The van der Waals surface area contributed by atoms with Gasteiger partial charge in [0.2, 0.25) is 5.95 Å². The van der Waals surface area contributed by atoms with Gasteiger partial charge in [-0.3, -0.25) is 0 Å². The van der Waals surface area contributed by atoms with Crippen molar-refractivity contribution in [3.8, 4) is 0 Å². The number of rotatable bonds is 4. The number of anilines is 1. The number of hydrogen-bond donors (Lipinski definition) is 2. The van der Waals surface area contributed by atoms with E-state index < -0.39 is 7.12 Å². The van der Waals surface area contributed by atoms with Crippen molar-refractivity contribution in [2.24, 2.45) is 0 Å². The molecular formula is C13H22BN3O3. The molecule has 0 bridgehead atoms. The van der Waals surface area contributed by atoms with Crippen LogP contribution in [0.2, 0.25) is 0 Å². The van der Waals surface area contributed by atoms with Crippen LogP contribution in [-0.2, 0) is 9.31 Å². The second-order valence-electron chi connectivity index (χ2n) is 6.16. The Morgan fingerprint density at radius 2 is 1.70 bits per heavy atom. The van der Waals surface area contributed by atoms with Crippen molar-refractivity contribution in [3.63, 3.8) is 0 Å². The van der Waals surface area contributed by atoms with Crippen molar-refractivity contribution in [1.82, 2.24) is 9.97 Å². The highest BCUT2D eigenvalue weighted by molar-refractivity contribution is 6.61. The molecule has 2 heterocycles. The van der Waals surface area contributed by atoms with Crippen molar-refractivity contribution in [3.05, 3.63) is 12.4 Å². The predicted octanol–water partition coefficient (Wildman–Crippen LogP) is 0.568. The molecule has 2 N–H and O–H groups in total. The molecule has 7 heteroatoms. The minimum Gasteiger partial charge on any atom is -0.399 e. The van der Waals surface area contributed by atoms with Crippen molar-refractivity contribution < 1.29 is 14.4 Å². The zero-order valence-electron chi connectivity index (χ0n) is 12.7. The topological polar surface area (TPSA) is 76.5 Å². The molecule has 0 radical (unpaired) electrons. The highest BCUT2D eigenvalue weighted by Gasteiger charge is 2.51. The Kier molecular flexibility index (Phi) is 4.04. The minimum absolute atomic E-state index is 0.0301. The SMILES string of the molecule is C[C@H](CO)Nc1ncc(B2OC(C)(C)C(C)(C)O2)cn1. The zero-order valence-corrected chi connectivity index (χ0v) is 12.7. The van der Waals surface area contributed by atoms with E-state index in [9.17, 15) is 0 Å². The first kappa shape index (κ1) is 15.2. The van der Waals surface area contributed by atoms with Gasteiger partial charge in [-0.05, 0) is 34.6 Å². The fraction of sp³-hybridized carbons (Fsp3) is 0.692. The van der Waals surface area contributed by atoms with Gasteiger partial charge in [-0.2, -0.15) is 0 Å². The molecule has 2 rings (SSSR count). The Morgan fingerprint density at radius 3 is 2.15 bits per heavy atom. The van der Waals surface area contributed by atoms with E-state index in [1.165, 1.54) is 0 Å². The summed E-state index contributed by atoms with van der Waals surface area (Å²) in [5.74, 6) is 0.479. The van der Waals surface area contributed by atoms with Crippen LogP contribution in [0.4, 0.5) is 5.95 Å². The number of nitrogens with zero attached hydrogens (tertiary/aromatic N) is 2. The summed E-state index contributed by atoms with van der Waals surface area (Å²) in [4.78, 5) is 8.43. The first-order chi connectivity index (χ1) is 9.25. The van der Waals surface area contributed by atoms with E-state index >= 15 is 0 Å². The molecule has 0 aliphatic carbocycles. The van der Waals surface area contributed by atoms with E-state index in [4.69, 9.17) is 14.4 Å². The molecule has 0 saturated carbocycles. The van der Waals surface area contributed by atoms with Crippen LogP contribution >= 0.6 is 0 Å². The predicted molar refractivity (Wildman–Crippen MR) is 77.9 cm³/mol. The Bertz CT molecular complexity index is 448. The third kappa shape index (κ3) is 2.94. The number of aromatic nitrogens is 2. The van der Waals surface area contributed by atoms with Crippen LogP contribution in [0.1, 0.15) is 34.6 Å². The fourth-order valence-electron chi connectivity index (χ4n) is 1.78. The van der Waals surface area contributed by atoms with Crippen LogP contribution in [0.3, 0.4) is 0 Å². The Balaban J connectivity index is 2.08. The van der Waals surface area contributed by atoms with Gasteiger partial charge >= 0.3 is 7.12 Å². The Morgan fingerprint density at radius 1 is 1.20 bits per heavy atom. The lowest BCUT2D eigenvalue weighted by Gasteiger charge is -2.32. The minimum atomic E-state index is -0.454. The average molecular weight is 279 g/mol. The van der Waals surface area contributed by atoms with Gasteiger partial charge in [-0.1, -0.05) is 0 Å². The first-order valence-corrected chi connectivity index (χ1v) is 6.80. The van der Waals surface area contributed by atoms with Gasteiger partial charge in [0.05, 0.1) is 17.8 Å². The van der Waals surface area contributed by atoms with E-state index in [1.807, 2.05) is 34.6 Å². The molecule has 0 amide bonds. The van der Waals surface area contributed by atoms with Crippen molar-refractivity contribution in [2.75, 3.05) is 11.9 Å². The van der Waals surface area contributed by atoms with Crippen molar-refractivity contribution in [2.45, 2.75) is 51.9 Å².